The number of hydrogen-bond donors (Lipinski definition) is 2. The van der Waals surface area contributed by atoms with Crippen molar-refractivity contribution in [1.29, 1.82) is 0 Å². The molecule has 26 heavy (non-hydrogen) atoms. The van der Waals surface area contributed by atoms with Gasteiger partial charge in [0.25, 0.3) is 5.91 Å². The number of aliphatic carboxylic acids is 1. The Morgan fingerprint density at radius 2 is 2.00 bits per heavy atom. The van der Waals surface area contributed by atoms with Crippen LogP contribution in [0, 0.1) is 6.92 Å². The zero-order valence-electron chi connectivity index (χ0n) is 14.8. The summed E-state index contributed by atoms with van der Waals surface area (Å²) in [6.07, 6.45) is 0.240. The van der Waals surface area contributed by atoms with E-state index in [1.165, 1.54) is 11.6 Å². The van der Waals surface area contributed by atoms with Crippen LogP contribution in [0.15, 0.2) is 18.2 Å². The first kappa shape index (κ1) is 17.7. The Balaban J connectivity index is 1.88. The molecule has 1 aromatic carbocycles. The van der Waals surface area contributed by atoms with Crippen LogP contribution in [-0.2, 0) is 4.79 Å². The largest absolute Gasteiger partial charge is 0.486 e. The molecule has 1 aliphatic rings. The third kappa shape index (κ3) is 3.07. The molecule has 1 aromatic heterocycles. The van der Waals surface area contributed by atoms with Crippen LogP contribution in [0.25, 0.3) is 5.69 Å². The molecule has 2 aromatic rings. The standard InChI is InChI=1S/C17H20N4O5/c1-4-17(3,16(23)24)18-15(22)14-10(2)21(20-19-14)11-5-6-12-13(9-11)26-8-7-25-12/h5-6,9H,4,7-8H2,1-3H3,(H,18,22)(H,23,24)/t17-/m0/s1. The van der Waals surface area contributed by atoms with Crippen LogP contribution in [0.4, 0.5) is 0 Å². The van der Waals surface area contributed by atoms with E-state index in [4.69, 9.17) is 9.47 Å². The number of benzene rings is 1. The molecule has 1 atom stereocenters. The molecule has 1 aliphatic heterocycles. The maximum absolute atomic E-state index is 12.5. The lowest BCUT2D eigenvalue weighted by molar-refractivity contribution is -0.143. The van der Waals surface area contributed by atoms with Crippen molar-refractivity contribution in [2.45, 2.75) is 32.7 Å². The lowest BCUT2D eigenvalue weighted by atomic mass is 9.99. The molecule has 0 saturated carbocycles. The molecule has 0 aliphatic carbocycles. The molecule has 9 nitrogen and oxygen atoms in total. The van der Waals surface area contributed by atoms with Gasteiger partial charge in [0.15, 0.2) is 17.2 Å². The Bertz CT molecular complexity index is 863. The molecule has 9 heteroatoms. The van der Waals surface area contributed by atoms with Crippen molar-refractivity contribution >= 4 is 11.9 Å². The minimum atomic E-state index is -1.37. The lowest BCUT2D eigenvalue weighted by Gasteiger charge is -2.24. The van der Waals surface area contributed by atoms with E-state index in [0.29, 0.717) is 36.1 Å². The number of amides is 1. The first-order chi connectivity index (χ1) is 12.4. The summed E-state index contributed by atoms with van der Waals surface area (Å²) >= 11 is 0. The van der Waals surface area contributed by atoms with E-state index in [9.17, 15) is 14.7 Å². The summed E-state index contributed by atoms with van der Waals surface area (Å²) in [5, 5.41) is 19.8. The fourth-order valence-electron chi connectivity index (χ4n) is 2.55. The van der Waals surface area contributed by atoms with E-state index in [1.807, 2.05) is 0 Å². The number of nitrogens with one attached hydrogen (secondary N) is 1. The van der Waals surface area contributed by atoms with Gasteiger partial charge in [-0.15, -0.1) is 5.10 Å². The molecular weight excluding hydrogens is 340 g/mol. The highest BCUT2D eigenvalue weighted by Gasteiger charge is 2.34. The lowest BCUT2D eigenvalue weighted by Crippen LogP contribution is -2.51. The van der Waals surface area contributed by atoms with Gasteiger partial charge in [-0.1, -0.05) is 12.1 Å². The highest BCUT2D eigenvalue weighted by molar-refractivity contribution is 5.97. The van der Waals surface area contributed by atoms with Crippen molar-refractivity contribution < 1.29 is 24.2 Å². The van der Waals surface area contributed by atoms with E-state index < -0.39 is 17.4 Å². The second-order valence-electron chi connectivity index (χ2n) is 6.21. The van der Waals surface area contributed by atoms with Crippen molar-refractivity contribution in [3.05, 3.63) is 29.6 Å². The number of rotatable bonds is 5. The average molecular weight is 360 g/mol. The SMILES string of the molecule is CC[C@](C)(NC(=O)c1nnn(-c2ccc3c(c2)OCCO3)c1C)C(=O)O. The number of nitrogens with zero attached hydrogens (tertiary/aromatic N) is 3. The van der Waals surface area contributed by atoms with Gasteiger partial charge in [0.2, 0.25) is 0 Å². The normalized spacial score (nSPS) is 15.2. The molecule has 0 fully saturated rings. The molecular formula is C17H20N4O5. The summed E-state index contributed by atoms with van der Waals surface area (Å²) in [7, 11) is 0. The van der Waals surface area contributed by atoms with E-state index in [2.05, 4.69) is 15.6 Å². The van der Waals surface area contributed by atoms with Gasteiger partial charge in [0.05, 0.1) is 11.4 Å². The van der Waals surface area contributed by atoms with Crippen LogP contribution in [0.1, 0.15) is 36.5 Å². The molecule has 138 valence electrons. The summed E-state index contributed by atoms with van der Waals surface area (Å²) in [6, 6.07) is 5.30. The third-order valence-corrected chi connectivity index (χ3v) is 4.45. The number of carboxylic acid groups (broad SMARTS) is 1. The van der Waals surface area contributed by atoms with Crippen molar-refractivity contribution in [3.8, 4) is 17.2 Å². The van der Waals surface area contributed by atoms with Crippen LogP contribution >= 0.6 is 0 Å². The van der Waals surface area contributed by atoms with Crippen LogP contribution in [0.3, 0.4) is 0 Å². The molecule has 2 heterocycles. The van der Waals surface area contributed by atoms with Gasteiger partial charge in [-0.25, -0.2) is 9.48 Å². The predicted molar refractivity (Wildman–Crippen MR) is 90.9 cm³/mol. The average Bonchev–Trinajstić information content (AvgIpc) is 3.02. The minimum absolute atomic E-state index is 0.0702. The fraction of sp³-hybridized carbons (Fsp3) is 0.412. The van der Waals surface area contributed by atoms with E-state index in [-0.39, 0.29) is 12.1 Å². The third-order valence-electron chi connectivity index (χ3n) is 4.45. The second-order valence-corrected chi connectivity index (χ2v) is 6.21. The summed E-state index contributed by atoms with van der Waals surface area (Å²) in [5.41, 5.74) is -0.150. The van der Waals surface area contributed by atoms with Crippen LogP contribution in [0.2, 0.25) is 0 Å². The molecule has 0 radical (unpaired) electrons. The van der Waals surface area contributed by atoms with Gasteiger partial charge in [-0.2, -0.15) is 0 Å². The molecule has 1 amide bonds. The topological polar surface area (TPSA) is 116 Å². The summed E-state index contributed by atoms with van der Waals surface area (Å²) < 4.78 is 12.5. The van der Waals surface area contributed by atoms with Crippen LogP contribution < -0.4 is 14.8 Å². The number of carbonyl (C=O) groups is 2. The van der Waals surface area contributed by atoms with Crippen LogP contribution in [0.5, 0.6) is 11.5 Å². The maximum Gasteiger partial charge on any atom is 0.329 e. The predicted octanol–water partition coefficient (Wildman–Crippen LogP) is 1.33. The first-order valence-electron chi connectivity index (χ1n) is 8.24. The minimum Gasteiger partial charge on any atom is -0.486 e. The highest BCUT2D eigenvalue weighted by atomic mass is 16.6. The quantitative estimate of drug-likeness (QED) is 0.826. The smallest absolute Gasteiger partial charge is 0.329 e. The summed E-state index contributed by atoms with van der Waals surface area (Å²) in [4.78, 5) is 23.9. The van der Waals surface area contributed by atoms with Crippen molar-refractivity contribution in [2.75, 3.05) is 13.2 Å². The van der Waals surface area contributed by atoms with Gasteiger partial charge >= 0.3 is 5.97 Å². The molecule has 2 N–H and O–H groups in total. The zero-order chi connectivity index (χ0) is 18.9. The second kappa shape index (κ2) is 6.66. The van der Waals surface area contributed by atoms with Crippen LogP contribution in [-0.4, -0.2) is 50.7 Å². The molecule has 3 rings (SSSR count). The van der Waals surface area contributed by atoms with Gasteiger partial charge in [-0.3, -0.25) is 4.79 Å². The molecule has 0 bridgehead atoms. The Kier molecular flexibility index (Phi) is 4.54. The fourth-order valence-corrected chi connectivity index (χ4v) is 2.55. The Labute approximate surface area is 149 Å². The van der Waals surface area contributed by atoms with Crippen molar-refractivity contribution in [1.82, 2.24) is 20.3 Å². The van der Waals surface area contributed by atoms with Gasteiger partial charge in [-0.05, 0) is 32.4 Å². The number of hydrogen-bond acceptors (Lipinski definition) is 6. The number of carboxylic acids is 1. The Morgan fingerprint density at radius 3 is 2.65 bits per heavy atom. The number of ether oxygens (including phenoxy) is 2. The Hall–Kier alpha value is -3.10. The molecule has 0 unspecified atom stereocenters. The Morgan fingerprint density at radius 1 is 1.31 bits per heavy atom. The van der Waals surface area contributed by atoms with Gasteiger partial charge in [0, 0.05) is 6.07 Å². The van der Waals surface area contributed by atoms with Crippen molar-refractivity contribution in [3.63, 3.8) is 0 Å². The number of aromatic nitrogens is 3. The maximum atomic E-state index is 12.5. The number of fused-ring (bicyclic) bond motifs is 1. The molecule has 0 spiro atoms. The van der Waals surface area contributed by atoms with E-state index >= 15 is 0 Å². The summed E-state index contributed by atoms with van der Waals surface area (Å²) in [5.74, 6) is -0.446. The van der Waals surface area contributed by atoms with Crippen molar-refractivity contribution in [2.24, 2.45) is 0 Å². The zero-order valence-corrected chi connectivity index (χ0v) is 14.8. The van der Waals surface area contributed by atoms with E-state index in [1.54, 1.807) is 32.0 Å². The monoisotopic (exact) mass is 360 g/mol. The van der Waals surface area contributed by atoms with Gasteiger partial charge in [0.1, 0.15) is 18.8 Å². The first-order valence-corrected chi connectivity index (χ1v) is 8.24. The molecule has 0 saturated heterocycles. The van der Waals surface area contributed by atoms with E-state index in [0.717, 1.165) is 0 Å². The summed E-state index contributed by atoms with van der Waals surface area (Å²) in [6.45, 7) is 5.79. The highest BCUT2D eigenvalue weighted by Crippen LogP contribution is 2.32. The van der Waals surface area contributed by atoms with Gasteiger partial charge < -0.3 is 19.9 Å². The number of carbonyl (C=O) groups excluding carboxylic acids is 1.